The monoisotopic (exact) mass is 315 g/mol. The molecule has 0 spiro atoms. The summed E-state index contributed by atoms with van der Waals surface area (Å²) in [5.41, 5.74) is 0. The van der Waals surface area contributed by atoms with Gasteiger partial charge in [0.15, 0.2) is 0 Å². The first-order valence-electron chi connectivity index (χ1n) is 0.975. The third-order valence-corrected chi connectivity index (χ3v) is 0. The van der Waals surface area contributed by atoms with Crippen LogP contribution in [0.5, 0.6) is 0 Å². The topological polar surface area (TPSA) is 88.5 Å². The zero-order valence-corrected chi connectivity index (χ0v) is 6.43. The molecule has 0 aromatic rings. The smallest absolute Gasteiger partial charge is 0.753 e. The predicted molar refractivity (Wildman–Crippen MR) is 26.3 cm³/mol. The van der Waals surface area contributed by atoms with Gasteiger partial charge < -0.3 is 20.7 Å². The van der Waals surface area contributed by atoms with E-state index in [4.69, 9.17) is 20.7 Å². The average molecular weight is 315 g/mol. The molecule has 0 saturated carbocycles. The molecule has 0 N–H and O–H groups in total. The molecule has 0 aliphatic heterocycles. The molecule has 0 aromatic carbocycles. The second-order valence-corrected chi connectivity index (χ2v) is 0.497. The van der Waals surface area contributed by atoms with E-state index in [2.05, 4.69) is 12.2 Å². The summed E-state index contributed by atoms with van der Waals surface area (Å²) in [6.45, 7) is 0. The molecule has 48 valence electrons. The Balaban J connectivity index is -0.0000000575. The van der Waals surface area contributed by atoms with E-state index < -0.39 is 5.09 Å². The van der Waals surface area contributed by atoms with Crippen LogP contribution >= 0.6 is 12.2 Å². The van der Waals surface area contributed by atoms with Crippen molar-refractivity contribution in [3.05, 3.63) is 20.7 Å². The van der Waals surface area contributed by atoms with Crippen molar-refractivity contribution in [2.24, 2.45) is 0 Å². The summed E-state index contributed by atoms with van der Waals surface area (Å²) in [5, 5.41) is 23.2. The predicted octanol–water partition coefficient (Wildman–Crippen LogP) is 0.417. The zero-order valence-electron chi connectivity index (χ0n) is 3.34. The third kappa shape index (κ3) is 1290. The van der Waals surface area contributed by atoms with Crippen molar-refractivity contribution in [2.75, 3.05) is 0 Å². The first-order valence-corrected chi connectivity index (χ1v) is 1.38. The Morgan fingerprint density at radius 2 is 1.62 bits per heavy atom. The Labute approximate surface area is 64.6 Å². The molecule has 7 heteroatoms. The minimum atomic E-state index is -1.75. The average Bonchev–Trinajstić information content (AvgIpc) is 1.33. The molecule has 8 heavy (non-hydrogen) atoms. The van der Waals surface area contributed by atoms with Crippen LogP contribution in [0, 0.1) is 15.3 Å². The van der Waals surface area contributed by atoms with E-state index >= 15 is 0 Å². The molecule has 0 aliphatic carbocycles. The normalized spacial score (nSPS) is 4.00. The Morgan fingerprint density at radius 3 is 1.62 bits per heavy atom. The largest absolute Gasteiger partial charge is 2.00 e. The van der Waals surface area contributed by atoms with Crippen LogP contribution in [0.2, 0.25) is 0 Å². The Bertz CT molecular complexity index is 85.3. The third-order valence-electron chi connectivity index (χ3n) is 0. The molecule has 0 amide bonds. The summed E-state index contributed by atoms with van der Waals surface area (Å²) in [4.78, 5) is 8.25. The van der Waals surface area contributed by atoms with Crippen LogP contribution in [-0.2, 0) is 21.1 Å². The van der Waals surface area contributed by atoms with E-state index in [0.717, 1.165) is 0 Å². The molecule has 5 nitrogen and oxygen atoms in total. The number of isothiocyanates is 1. The van der Waals surface area contributed by atoms with Crippen molar-refractivity contribution in [2.45, 2.75) is 0 Å². The van der Waals surface area contributed by atoms with Crippen molar-refractivity contribution >= 4 is 17.4 Å². The van der Waals surface area contributed by atoms with Gasteiger partial charge in [0.25, 0.3) is 0 Å². The summed E-state index contributed by atoms with van der Waals surface area (Å²) in [6, 6.07) is 0. The number of hydrogen-bond acceptors (Lipinski definition) is 4. The maximum absolute atomic E-state index is 8.25. The molecule has 0 heterocycles. The summed E-state index contributed by atoms with van der Waals surface area (Å²) in [6.07, 6.45) is 0. The van der Waals surface area contributed by atoms with Crippen molar-refractivity contribution in [3.8, 4) is 0 Å². The van der Waals surface area contributed by atoms with E-state index in [-0.39, 0.29) is 21.1 Å². The standard InChI is InChI=1S/CNS.NO3.Pt/c2-1-3;2-1(3)4;/q2*-1;+2. The van der Waals surface area contributed by atoms with Gasteiger partial charge in [0.05, 0.1) is 5.09 Å². The van der Waals surface area contributed by atoms with Gasteiger partial charge in [0.1, 0.15) is 0 Å². The summed E-state index contributed by atoms with van der Waals surface area (Å²) in [5.74, 6) is 0. The minimum absolute atomic E-state index is 0. The molecular weight excluding hydrogens is 315 g/mol. The van der Waals surface area contributed by atoms with Crippen LogP contribution < -0.4 is 0 Å². The Hall–Kier alpha value is -0.312. The van der Waals surface area contributed by atoms with E-state index in [9.17, 15) is 0 Å². The van der Waals surface area contributed by atoms with Gasteiger partial charge in [-0.05, 0) is 0 Å². The van der Waals surface area contributed by atoms with Crippen molar-refractivity contribution in [1.29, 1.82) is 0 Å². The number of hydrogen-bond donors (Lipinski definition) is 0. The summed E-state index contributed by atoms with van der Waals surface area (Å²) >= 11 is 3.70. The van der Waals surface area contributed by atoms with Gasteiger partial charge in [0.2, 0.25) is 0 Å². The molecular formula is CN2O3PtS. The van der Waals surface area contributed by atoms with Crippen molar-refractivity contribution in [1.82, 2.24) is 0 Å². The van der Waals surface area contributed by atoms with Crippen LogP contribution in [0.4, 0.5) is 0 Å². The zero-order chi connectivity index (χ0) is 6.28. The number of nitrogens with zero attached hydrogens (tertiary/aromatic N) is 2. The molecule has 0 saturated heterocycles. The fraction of sp³-hybridized carbons (Fsp3) is 0. The Morgan fingerprint density at radius 1 is 1.62 bits per heavy atom. The van der Waals surface area contributed by atoms with Crippen LogP contribution in [-0.4, -0.2) is 10.2 Å². The second kappa shape index (κ2) is 15.9. The molecule has 0 aromatic heterocycles. The van der Waals surface area contributed by atoms with Gasteiger partial charge in [-0.3, -0.25) is 0 Å². The van der Waals surface area contributed by atoms with Crippen molar-refractivity contribution < 1.29 is 26.2 Å². The van der Waals surface area contributed by atoms with Crippen LogP contribution in [0.25, 0.3) is 5.41 Å². The molecule has 0 radical (unpaired) electrons. The maximum Gasteiger partial charge on any atom is 2.00 e. The van der Waals surface area contributed by atoms with Gasteiger partial charge >= 0.3 is 21.1 Å². The minimum Gasteiger partial charge on any atom is -0.753 e. The molecule has 0 fully saturated rings. The SMILES string of the molecule is O=[N+]([O-])[O-].[N-]=C=S.[Pt+2]. The van der Waals surface area contributed by atoms with Gasteiger partial charge in [-0.1, -0.05) is 12.2 Å². The second-order valence-electron chi connectivity index (χ2n) is 0.315. The van der Waals surface area contributed by atoms with Crippen molar-refractivity contribution in [3.63, 3.8) is 0 Å². The fourth-order valence-electron chi connectivity index (χ4n) is 0. The molecule has 0 aliphatic rings. The summed E-state index contributed by atoms with van der Waals surface area (Å²) in [7, 11) is 0. The van der Waals surface area contributed by atoms with Gasteiger partial charge in [-0.2, -0.15) is 5.16 Å². The van der Waals surface area contributed by atoms with Gasteiger partial charge in [0, 0.05) is 0 Å². The van der Waals surface area contributed by atoms with Gasteiger partial charge in [-0.25, -0.2) is 0 Å². The van der Waals surface area contributed by atoms with Crippen LogP contribution in [0.15, 0.2) is 0 Å². The molecule has 0 atom stereocenters. The van der Waals surface area contributed by atoms with E-state index in [1.807, 2.05) is 0 Å². The summed E-state index contributed by atoms with van der Waals surface area (Å²) < 4.78 is 0. The molecule has 0 rings (SSSR count). The number of thiocarbonyl (C=S) groups is 1. The molecule has 0 bridgehead atoms. The van der Waals surface area contributed by atoms with Crippen LogP contribution in [0.3, 0.4) is 0 Å². The fourth-order valence-corrected chi connectivity index (χ4v) is 0. The van der Waals surface area contributed by atoms with Gasteiger partial charge in [-0.15, -0.1) is 0 Å². The quantitative estimate of drug-likeness (QED) is 0.280. The maximum atomic E-state index is 8.25. The molecule has 0 unspecified atom stereocenters. The van der Waals surface area contributed by atoms with Crippen LogP contribution in [0.1, 0.15) is 0 Å². The van der Waals surface area contributed by atoms with E-state index in [1.54, 1.807) is 0 Å². The Kier molecular flexibility index (Phi) is 31.1. The first-order chi connectivity index (χ1) is 3.15. The van der Waals surface area contributed by atoms with E-state index in [1.165, 1.54) is 5.16 Å². The first kappa shape index (κ1) is 15.6. The number of rotatable bonds is 0. The van der Waals surface area contributed by atoms with E-state index in [0.29, 0.717) is 0 Å².